The van der Waals surface area contributed by atoms with Gasteiger partial charge in [-0.2, -0.15) is 0 Å². The van der Waals surface area contributed by atoms with E-state index >= 15 is 0 Å². The van der Waals surface area contributed by atoms with Crippen LogP contribution in [0.5, 0.6) is 0 Å². The largest absolute Gasteiger partial charge is 0.298 e. The van der Waals surface area contributed by atoms with Gasteiger partial charge in [-0.1, -0.05) is 0 Å². The molecule has 0 atom stereocenters. The minimum Gasteiger partial charge on any atom is -0.258 e. The molecule has 0 heterocycles. The molecule has 0 aliphatic heterocycles. The van der Waals surface area contributed by atoms with E-state index in [9.17, 15) is 10.1 Å². The van der Waals surface area contributed by atoms with E-state index in [1.54, 1.807) is 6.07 Å². The van der Waals surface area contributed by atoms with E-state index in [1.165, 1.54) is 0 Å². The Kier molecular flexibility index (Phi) is 3.91. The van der Waals surface area contributed by atoms with E-state index < -0.39 is 4.92 Å². The number of nitro benzene ring substituents is 1. The van der Waals surface area contributed by atoms with Crippen molar-refractivity contribution in [1.82, 2.24) is 0 Å². The quantitative estimate of drug-likeness (QED) is 0.277. The summed E-state index contributed by atoms with van der Waals surface area (Å²) >= 11 is 12.7. The first-order valence-electron chi connectivity index (χ1n) is 2.92. The fourth-order valence-electron chi connectivity index (χ4n) is 0.724. The Morgan fingerprint density at radius 3 is 2.08 bits per heavy atom. The number of halogens is 4. The standard InChI is InChI=1S/C6HBr4NO2/c7-2-1-3(8)6(11(12)13)5(10)4(2)9/h1H. The van der Waals surface area contributed by atoms with E-state index in [2.05, 4.69) is 63.7 Å². The highest BCUT2D eigenvalue weighted by molar-refractivity contribution is 9.14. The van der Waals surface area contributed by atoms with Crippen LogP contribution in [0.1, 0.15) is 0 Å². The molecule has 3 nitrogen and oxygen atoms in total. The number of rotatable bonds is 1. The summed E-state index contributed by atoms with van der Waals surface area (Å²) in [6.07, 6.45) is 0. The summed E-state index contributed by atoms with van der Waals surface area (Å²) in [7, 11) is 0. The highest BCUT2D eigenvalue weighted by Crippen LogP contribution is 2.42. The van der Waals surface area contributed by atoms with Crippen molar-refractivity contribution in [2.75, 3.05) is 0 Å². The molecule has 0 fully saturated rings. The molecule has 7 heteroatoms. The first kappa shape index (κ1) is 11.6. The molecule has 1 rings (SSSR count). The Morgan fingerprint density at radius 1 is 1.08 bits per heavy atom. The number of nitro groups is 1. The van der Waals surface area contributed by atoms with E-state index in [0.717, 1.165) is 4.47 Å². The molecule has 0 amide bonds. The molecule has 0 aliphatic carbocycles. The van der Waals surface area contributed by atoms with Crippen LogP contribution in [0.15, 0.2) is 24.0 Å². The summed E-state index contributed by atoms with van der Waals surface area (Å²) in [4.78, 5) is 10.2. The summed E-state index contributed by atoms with van der Waals surface area (Å²) in [5.74, 6) is 0. The van der Waals surface area contributed by atoms with Crippen LogP contribution in [0.2, 0.25) is 0 Å². The zero-order valence-electron chi connectivity index (χ0n) is 5.85. The van der Waals surface area contributed by atoms with Gasteiger partial charge in [-0.05, 0) is 69.8 Å². The Morgan fingerprint density at radius 2 is 1.62 bits per heavy atom. The van der Waals surface area contributed by atoms with E-state index in [-0.39, 0.29) is 5.69 Å². The molecule has 70 valence electrons. The number of nitrogens with zero attached hydrogens (tertiary/aromatic N) is 1. The van der Waals surface area contributed by atoms with E-state index in [1.807, 2.05) is 0 Å². The van der Waals surface area contributed by atoms with Crippen LogP contribution in [-0.4, -0.2) is 4.92 Å². The predicted molar refractivity (Wildman–Crippen MR) is 63.9 cm³/mol. The molecule has 13 heavy (non-hydrogen) atoms. The van der Waals surface area contributed by atoms with Crippen molar-refractivity contribution in [2.24, 2.45) is 0 Å². The normalized spacial score (nSPS) is 10.2. The summed E-state index contributed by atoms with van der Waals surface area (Å²) in [6.45, 7) is 0. The number of hydrogen-bond donors (Lipinski definition) is 0. The van der Waals surface area contributed by atoms with Crippen molar-refractivity contribution in [3.63, 3.8) is 0 Å². The summed E-state index contributed by atoms with van der Waals surface area (Å²) in [5.41, 5.74) is 0.00933. The van der Waals surface area contributed by atoms with Crippen LogP contribution < -0.4 is 0 Å². The van der Waals surface area contributed by atoms with Crippen LogP contribution in [0.3, 0.4) is 0 Å². The zero-order chi connectivity index (χ0) is 10.2. The maximum Gasteiger partial charge on any atom is 0.298 e. The maximum atomic E-state index is 10.6. The lowest BCUT2D eigenvalue weighted by molar-refractivity contribution is -0.386. The third-order valence-electron chi connectivity index (χ3n) is 1.27. The van der Waals surface area contributed by atoms with Gasteiger partial charge in [-0.3, -0.25) is 10.1 Å². The Balaban J connectivity index is 3.53. The minimum absolute atomic E-state index is 0.00933. The van der Waals surface area contributed by atoms with Gasteiger partial charge in [0.15, 0.2) is 0 Å². The minimum atomic E-state index is -0.453. The molecular weight excluding hydrogens is 438 g/mol. The second kappa shape index (κ2) is 4.37. The molecular formula is C6HBr4NO2. The Bertz CT molecular complexity index is 379. The number of hydrogen-bond acceptors (Lipinski definition) is 2. The number of benzene rings is 1. The van der Waals surface area contributed by atoms with E-state index in [4.69, 9.17) is 0 Å². The first-order valence-corrected chi connectivity index (χ1v) is 6.09. The van der Waals surface area contributed by atoms with Crippen molar-refractivity contribution in [3.8, 4) is 0 Å². The highest BCUT2D eigenvalue weighted by Gasteiger charge is 2.21. The average Bonchev–Trinajstić information content (AvgIpc) is 1.99. The second-order valence-electron chi connectivity index (χ2n) is 2.07. The first-order chi connectivity index (χ1) is 5.95. The molecule has 0 aliphatic rings. The Labute approximate surface area is 108 Å². The van der Waals surface area contributed by atoms with Gasteiger partial charge >= 0.3 is 0 Å². The van der Waals surface area contributed by atoms with Gasteiger partial charge in [0, 0.05) is 4.47 Å². The lowest BCUT2D eigenvalue weighted by Crippen LogP contribution is -1.92. The average molecular weight is 439 g/mol. The molecule has 1 aromatic rings. The van der Waals surface area contributed by atoms with Crippen molar-refractivity contribution < 1.29 is 4.92 Å². The topological polar surface area (TPSA) is 43.1 Å². The maximum absolute atomic E-state index is 10.6. The smallest absolute Gasteiger partial charge is 0.258 e. The molecule has 0 spiro atoms. The molecule has 0 bridgehead atoms. The van der Waals surface area contributed by atoms with Crippen LogP contribution in [0.25, 0.3) is 0 Å². The second-order valence-corrected chi connectivity index (χ2v) is 5.37. The zero-order valence-corrected chi connectivity index (χ0v) is 12.2. The molecule has 1 aromatic carbocycles. The van der Waals surface area contributed by atoms with Gasteiger partial charge in [0.05, 0.1) is 13.9 Å². The lowest BCUT2D eigenvalue weighted by atomic mass is 10.3. The molecule has 0 N–H and O–H groups in total. The summed E-state index contributed by atoms with van der Waals surface area (Å²) < 4.78 is 2.22. The van der Waals surface area contributed by atoms with Gasteiger partial charge in [0.1, 0.15) is 4.47 Å². The molecule has 0 saturated heterocycles. The van der Waals surface area contributed by atoms with Crippen LogP contribution >= 0.6 is 63.7 Å². The van der Waals surface area contributed by atoms with Crippen molar-refractivity contribution in [2.45, 2.75) is 0 Å². The SMILES string of the molecule is O=[N+]([O-])c1c(Br)cc(Br)c(Br)c1Br. The van der Waals surface area contributed by atoms with Crippen molar-refractivity contribution in [1.29, 1.82) is 0 Å². The van der Waals surface area contributed by atoms with Gasteiger partial charge in [-0.15, -0.1) is 0 Å². The van der Waals surface area contributed by atoms with Gasteiger partial charge in [-0.25, -0.2) is 0 Å². The summed E-state index contributed by atoms with van der Waals surface area (Å²) in [6, 6.07) is 1.62. The fourth-order valence-corrected chi connectivity index (χ4v) is 3.44. The fraction of sp³-hybridized carbons (Fsp3) is 0. The van der Waals surface area contributed by atoms with Crippen LogP contribution in [0.4, 0.5) is 5.69 Å². The molecule has 0 radical (unpaired) electrons. The lowest BCUT2D eigenvalue weighted by Gasteiger charge is -2.02. The highest BCUT2D eigenvalue weighted by atomic mass is 79.9. The molecule has 0 unspecified atom stereocenters. The third-order valence-corrected chi connectivity index (χ3v) is 5.16. The Hall–Kier alpha value is 0.540. The predicted octanol–water partition coefficient (Wildman–Crippen LogP) is 4.64. The van der Waals surface area contributed by atoms with Gasteiger partial charge < -0.3 is 0 Å². The van der Waals surface area contributed by atoms with Crippen molar-refractivity contribution in [3.05, 3.63) is 34.1 Å². The molecule has 0 aromatic heterocycles. The summed E-state index contributed by atoms with van der Waals surface area (Å²) in [5, 5.41) is 10.6. The monoisotopic (exact) mass is 435 g/mol. The molecule has 0 saturated carbocycles. The van der Waals surface area contributed by atoms with E-state index in [0.29, 0.717) is 13.4 Å². The van der Waals surface area contributed by atoms with Crippen molar-refractivity contribution >= 4 is 69.4 Å². The van der Waals surface area contributed by atoms with Crippen LogP contribution in [0, 0.1) is 10.1 Å². The van der Waals surface area contributed by atoms with Crippen LogP contribution in [-0.2, 0) is 0 Å². The third kappa shape index (κ3) is 2.31. The van der Waals surface area contributed by atoms with Gasteiger partial charge in [0.25, 0.3) is 5.69 Å². The van der Waals surface area contributed by atoms with Gasteiger partial charge in [0.2, 0.25) is 0 Å².